The van der Waals surface area contributed by atoms with Gasteiger partial charge in [0.2, 0.25) is 0 Å². The first-order valence-electron chi connectivity index (χ1n) is 11.7. The van der Waals surface area contributed by atoms with Crippen LogP contribution in [0.2, 0.25) is 0 Å². The third-order valence-corrected chi connectivity index (χ3v) is 7.03. The molecule has 4 aromatic rings. The molecular weight excluding hydrogens is 472 g/mol. The van der Waals surface area contributed by atoms with Crippen molar-refractivity contribution in [2.24, 2.45) is 4.99 Å². The number of nitriles is 4. The number of nitrogens with one attached hydrogen (secondary N) is 1. The van der Waals surface area contributed by atoms with Crippen molar-refractivity contribution in [2.45, 2.75) is 6.04 Å². The van der Waals surface area contributed by atoms with Crippen molar-refractivity contribution in [3.63, 3.8) is 0 Å². The molecule has 0 fully saturated rings. The van der Waals surface area contributed by atoms with E-state index in [0.29, 0.717) is 45.0 Å². The van der Waals surface area contributed by atoms with E-state index in [9.17, 15) is 21.0 Å². The molecule has 1 unspecified atom stereocenters. The minimum Gasteiger partial charge on any atom is -0.371 e. The van der Waals surface area contributed by atoms with E-state index in [1.165, 1.54) is 0 Å². The van der Waals surface area contributed by atoms with Crippen LogP contribution in [0.25, 0.3) is 33.4 Å². The maximum absolute atomic E-state index is 9.64. The molecule has 172 valence electrons. The molecule has 0 spiro atoms. The number of aliphatic imine (C=N–C) groups is 1. The highest BCUT2D eigenvalue weighted by molar-refractivity contribution is 6.34. The Morgan fingerprint density at radius 3 is 2.03 bits per heavy atom. The molecule has 1 N–H and O–H groups in total. The number of aromatic nitrogens is 2. The Labute approximate surface area is 216 Å². The lowest BCUT2D eigenvalue weighted by molar-refractivity contribution is 1.04. The van der Waals surface area contributed by atoms with Crippen LogP contribution in [0.3, 0.4) is 0 Å². The highest BCUT2D eigenvalue weighted by Gasteiger charge is 2.38. The van der Waals surface area contributed by atoms with Gasteiger partial charge in [-0.2, -0.15) is 21.0 Å². The summed E-state index contributed by atoms with van der Waals surface area (Å²) in [6, 6.07) is 26.5. The van der Waals surface area contributed by atoms with Crippen molar-refractivity contribution >= 4 is 39.3 Å². The van der Waals surface area contributed by atoms with Crippen molar-refractivity contribution in [1.29, 1.82) is 21.0 Å². The van der Waals surface area contributed by atoms with Gasteiger partial charge in [-0.25, -0.2) is 15.0 Å². The zero-order valence-electron chi connectivity index (χ0n) is 19.5. The standard InChI is InChI=1S/C30H12N8/c31-11-15(12-32)25-17-5-1-3-7-19(17)27-29(25)37-23-10-22-24(9-21(23)35-27)38-30-26(16(13-33)14-34)18-6-2-4-8-20(18)28(30)36-22/h1-10,27,35H. The van der Waals surface area contributed by atoms with Crippen LogP contribution in [-0.2, 0) is 0 Å². The summed E-state index contributed by atoms with van der Waals surface area (Å²) in [5, 5.41) is 42.0. The van der Waals surface area contributed by atoms with Gasteiger partial charge in [-0.05, 0) is 28.8 Å². The number of fused-ring (bicyclic) bond motifs is 8. The average molecular weight is 484 g/mol. The van der Waals surface area contributed by atoms with E-state index in [0.717, 1.165) is 27.9 Å². The number of anilines is 1. The Kier molecular flexibility index (Phi) is 4.30. The van der Waals surface area contributed by atoms with Gasteiger partial charge >= 0.3 is 0 Å². The minimum absolute atomic E-state index is 0.0113. The monoisotopic (exact) mass is 484 g/mol. The summed E-state index contributed by atoms with van der Waals surface area (Å²) in [6.07, 6.45) is 0. The first kappa shape index (κ1) is 21.2. The van der Waals surface area contributed by atoms with E-state index in [1.54, 1.807) is 0 Å². The zero-order chi connectivity index (χ0) is 26.0. The van der Waals surface area contributed by atoms with E-state index < -0.39 is 0 Å². The van der Waals surface area contributed by atoms with Gasteiger partial charge in [-0.15, -0.1) is 0 Å². The molecular formula is C30H12N8. The maximum atomic E-state index is 9.64. The van der Waals surface area contributed by atoms with Crippen molar-refractivity contribution < 1.29 is 0 Å². The van der Waals surface area contributed by atoms with Gasteiger partial charge in [-0.1, -0.05) is 48.5 Å². The molecule has 0 bridgehead atoms. The molecule has 3 aromatic carbocycles. The summed E-state index contributed by atoms with van der Waals surface area (Å²) in [4.78, 5) is 14.7. The highest BCUT2D eigenvalue weighted by Crippen LogP contribution is 2.48. The molecule has 8 nitrogen and oxygen atoms in total. The summed E-state index contributed by atoms with van der Waals surface area (Å²) < 4.78 is 0. The zero-order valence-corrected chi connectivity index (χ0v) is 19.5. The van der Waals surface area contributed by atoms with Crippen molar-refractivity contribution in [3.8, 4) is 35.5 Å². The van der Waals surface area contributed by atoms with Gasteiger partial charge in [0, 0.05) is 16.7 Å². The minimum atomic E-state index is -0.325. The van der Waals surface area contributed by atoms with E-state index in [-0.39, 0.29) is 17.2 Å². The summed E-state index contributed by atoms with van der Waals surface area (Å²) in [6.45, 7) is 0. The Morgan fingerprint density at radius 1 is 0.684 bits per heavy atom. The third kappa shape index (κ3) is 2.72. The largest absolute Gasteiger partial charge is 0.371 e. The molecule has 8 heteroatoms. The maximum Gasteiger partial charge on any atom is 0.139 e. The number of hydrogen-bond donors (Lipinski definition) is 1. The number of allylic oxidation sites excluding steroid dienone is 2. The van der Waals surface area contributed by atoms with Gasteiger partial charge in [0.25, 0.3) is 0 Å². The van der Waals surface area contributed by atoms with Crippen molar-refractivity contribution in [1.82, 2.24) is 9.97 Å². The molecule has 2 aliphatic carbocycles. The van der Waals surface area contributed by atoms with Crippen LogP contribution in [0.5, 0.6) is 0 Å². The van der Waals surface area contributed by atoms with Crippen LogP contribution in [-0.4, -0.2) is 15.7 Å². The van der Waals surface area contributed by atoms with Crippen molar-refractivity contribution in [3.05, 3.63) is 94.2 Å². The predicted molar refractivity (Wildman–Crippen MR) is 140 cm³/mol. The topological polar surface area (TPSA) is 145 Å². The van der Waals surface area contributed by atoms with Gasteiger partial charge in [-0.3, -0.25) is 0 Å². The van der Waals surface area contributed by atoms with Crippen LogP contribution >= 0.6 is 0 Å². The second kappa shape index (κ2) is 7.70. The number of rotatable bonds is 0. The lowest BCUT2D eigenvalue weighted by Gasteiger charge is -2.23. The highest BCUT2D eigenvalue weighted by atomic mass is 15.0. The van der Waals surface area contributed by atoms with E-state index in [4.69, 9.17) is 15.0 Å². The second-order valence-corrected chi connectivity index (χ2v) is 8.93. The SMILES string of the molecule is N#CC(C#N)=C1C2=Nc3cc4nc5c(nc4cc3NC2c2ccccc21)C(=C(C#N)C#N)c1ccccc1-5. The predicted octanol–water partition coefficient (Wildman–Crippen LogP) is 5.51. The molecule has 0 saturated heterocycles. The summed E-state index contributed by atoms with van der Waals surface area (Å²) in [5.74, 6) is 0. The first-order chi connectivity index (χ1) is 18.7. The molecule has 0 saturated carbocycles. The summed E-state index contributed by atoms with van der Waals surface area (Å²) >= 11 is 0. The van der Waals surface area contributed by atoms with Crippen LogP contribution in [0.4, 0.5) is 11.4 Å². The molecule has 2 heterocycles. The smallest absolute Gasteiger partial charge is 0.139 e. The number of benzene rings is 3. The normalized spacial score (nSPS) is 15.3. The van der Waals surface area contributed by atoms with Crippen molar-refractivity contribution in [2.75, 3.05) is 5.32 Å². The fourth-order valence-corrected chi connectivity index (χ4v) is 5.44. The molecule has 0 amide bonds. The molecule has 3 aliphatic rings. The lowest BCUT2D eigenvalue weighted by Crippen LogP contribution is -2.20. The Morgan fingerprint density at radius 2 is 1.29 bits per heavy atom. The van der Waals surface area contributed by atoms with Gasteiger partial charge in [0.1, 0.15) is 35.4 Å². The van der Waals surface area contributed by atoms with E-state index >= 15 is 0 Å². The number of nitrogens with zero attached hydrogens (tertiary/aromatic N) is 7. The molecule has 1 aromatic heterocycles. The van der Waals surface area contributed by atoms with Gasteiger partial charge < -0.3 is 5.32 Å². The van der Waals surface area contributed by atoms with E-state index in [2.05, 4.69) is 5.32 Å². The Hall–Kier alpha value is -6.09. The molecule has 1 atom stereocenters. The van der Waals surface area contributed by atoms with Gasteiger partial charge in [0.05, 0.1) is 45.5 Å². The molecule has 0 radical (unpaired) electrons. The fraction of sp³-hybridized carbons (Fsp3) is 0.0333. The fourth-order valence-electron chi connectivity index (χ4n) is 5.44. The Balaban J connectivity index is 1.48. The Bertz CT molecular complexity index is 2020. The van der Waals surface area contributed by atoms with Gasteiger partial charge in [0.15, 0.2) is 0 Å². The first-order valence-corrected chi connectivity index (χ1v) is 11.7. The molecule has 38 heavy (non-hydrogen) atoms. The van der Waals surface area contributed by atoms with Crippen LogP contribution in [0, 0.1) is 45.3 Å². The quantitative estimate of drug-likeness (QED) is 0.285. The number of hydrogen-bond acceptors (Lipinski definition) is 8. The summed E-state index contributed by atoms with van der Waals surface area (Å²) in [5.41, 5.74) is 8.59. The lowest BCUT2D eigenvalue weighted by atomic mass is 10.0. The summed E-state index contributed by atoms with van der Waals surface area (Å²) in [7, 11) is 0. The van der Waals surface area contributed by atoms with Crippen LogP contribution in [0.15, 0.2) is 76.8 Å². The van der Waals surface area contributed by atoms with E-state index in [1.807, 2.05) is 84.9 Å². The third-order valence-electron chi connectivity index (χ3n) is 7.03. The van der Waals surface area contributed by atoms with Crippen LogP contribution in [0.1, 0.15) is 28.4 Å². The molecule has 1 aliphatic heterocycles. The van der Waals surface area contributed by atoms with Crippen LogP contribution < -0.4 is 5.32 Å². The molecule has 7 rings (SSSR count). The second-order valence-electron chi connectivity index (χ2n) is 8.93. The average Bonchev–Trinajstić information content (AvgIpc) is 3.44.